The monoisotopic (exact) mass is 287 g/mol. The molecule has 0 radical (unpaired) electrons. The predicted molar refractivity (Wildman–Crippen MR) is 86.5 cm³/mol. The van der Waals surface area contributed by atoms with Gasteiger partial charge < -0.3 is 0 Å². The van der Waals surface area contributed by atoms with Crippen LogP contribution in [0, 0.1) is 5.92 Å². The van der Waals surface area contributed by atoms with Crippen molar-refractivity contribution in [1.82, 2.24) is 10.4 Å². The van der Waals surface area contributed by atoms with Crippen molar-refractivity contribution < 1.29 is 0 Å². The maximum Gasteiger partial charge on any atom is 0.0469 e. The standard InChI is InChI=1S/C16H21N3S/c17-19-16(10-12-5-8-20-9-6-12)14-3-1-2-13-4-7-18-11-15(13)14/h1-4,7,11-12,16,19H,5-6,8-10,17H2. The molecule has 0 saturated carbocycles. The van der Waals surface area contributed by atoms with Crippen molar-refractivity contribution >= 4 is 22.5 Å². The highest BCUT2D eigenvalue weighted by molar-refractivity contribution is 7.99. The van der Waals surface area contributed by atoms with Gasteiger partial charge in [-0.25, -0.2) is 0 Å². The second kappa shape index (κ2) is 6.57. The zero-order valence-corrected chi connectivity index (χ0v) is 12.4. The zero-order valence-electron chi connectivity index (χ0n) is 11.6. The van der Waals surface area contributed by atoms with Crippen molar-refractivity contribution in [3.8, 4) is 0 Å². The highest BCUT2D eigenvalue weighted by atomic mass is 32.2. The van der Waals surface area contributed by atoms with Crippen LogP contribution in [0.2, 0.25) is 0 Å². The summed E-state index contributed by atoms with van der Waals surface area (Å²) in [5, 5.41) is 2.44. The molecule has 1 aromatic heterocycles. The number of nitrogens with one attached hydrogen (secondary N) is 1. The molecule has 2 heterocycles. The fourth-order valence-corrected chi connectivity index (χ4v) is 4.25. The quantitative estimate of drug-likeness (QED) is 0.669. The molecule has 1 unspecified atom stereocenters. The third-order valence-corrected chi connectivity index (χ3v) is 5.25. The molecule has 106 valence electrons. The molecule has 0 spiro atoms. The zero-order chi connectivity index (χ0) is 13.8. The van der Waals surface area contributed by atoms with Crippen LogP contribution in [0.5, 0.6) is 0 Å². The third kappa shape index (κ3) is 2.97. The van der Waals surface area contributed by atoms with Crippen molar-refractivity contribution in [2.45, 2.75) is 25.3 Å². The van der Waals surface area contributed by atoms with Crippen LogP contribution >= 0.6 is 11.8 Å². The summed E-state index contributed by atoms with van der Waals surface area (Å²) in [6.45, 7) is 0. The highest BCUT2D eigenvalue weighted by Crippen LogP contribution is 2.33. The van der Waals surface area contributed by atoms with Gasteiger partial charge in [0.25, 0.3) is 0 Å². The molecule has 2 aromatic rings. The van der Waals surface area contributed by atoms with Crippen molar-refractivity contribution in [2.24, 2.45) is 11.8 Å². The molecule has 1 aliphatic heterocycles. The van der Waals surface area contributed by atoms with Gasteiger partial charge in [0, 0.05) is 23.8 Å². The first-order chi connectivity index (χ1) is 9.88. The minimum Gasteiger partial charge on any atom is -0.271 e. The second-order valence-corrected chi connectivity index (χ2v) is 6.68. The van der Waals surface area contributed by atoms with E-state index in [1.807, 2.05) is 12.4 Å². The molecule has 20 heavy (non-hydrogen) atoms. The number of hydrazine groups is 1. The van der Waals surface area contributed by atoms with Crippen LogP contribution in [0.3, 0.4) is 0 Å². The maximum atomic E-state index is 5.84. The summed E-state index contributed by atoms with van der Waals surface area (Å²) in [5.41, 5.74) is 4.30. The molecule has 3 nitrogen and oxygen atoms in total. The molecule has 3 rings (SSSR count). The Kier molecular flexibility index (Phi) is 4.55. The van der Waals surface area contributed by atoms with Crippen molar-refractivity contribution in [3.63, 3.8) is 0 Å². The number of thioether (sulfide) groups is 1. The fourth-order valence-electron chi connectivity index (χ4n) is 3.04. The molecule has 3 N–H and O–H groups in total. The van der Waals surface area contributed by atoms with E-state index in [9.17, 15) is 0 Å². The van der Waals surface area contributed by atoms with Crippen LogP contribution in [0.4, 0.5) is 0 Å². The van der Waals surface area contributed by atoms with Crippen molar-refractivity contribution in [3.05, 3.63) is 42.2 Å². The summed E-state index contributed by atoms with van der Waals surface area (Å²) >= 11 is 2.07. The average Bonchev–Trinajstić information content (AvgIpc) is 2.53. The largest absolute Gasteiger partial charge is 0.271 e. The lowest BCUT2D eigenvalue weighted by Gasteiger charge is -2.26. The van der Waals surface area contributed by atoms with E-state index < -0.39 is 0 Å². The first kappa shape index (κ1) is 13.9. The number of hydrogen-bond donors (Lipinski definition) is 2. The van der Waals surface area contributed by atoms with Crippen LogP contribution in [-0.2, 0) is 0 Å². The number of fused-ring (bicyclic) bond motifs is 1. The van der Waals surface area contributed by atoms with Gasteiger partial charge in [-0.2, -0.15) is 11.8 Å². The number of nitrogens with two attached hydrogens (primary N) is 1. The summed E-state index contributed by atoms with van der Waals surface area (Å²) in [4.78, 5) is 4.27. The molecule has 1 aliphatic rings. The molecule has 0 amide bonds. The van der Waals surface area contributed by atoms with Gasteiger partial charge in [-0.05, 0) is 53.7 Å². The van der Waals surface area contributed by atoms with Crippen LogP contribution in [0.1, 0.15) is 30.9 Å². The lowest BCUT2D eigenvalue weighted by atomic mass is 9.89. The molecule has 0 bridgehead atoms. The van der Waals surface area contributed by atoms with Crippen molar-refractivity contribution in [2.75, 3.05) is 11.5 Å². The topological polar surface area (TPSA) is 50.9 Å². The Morgan fingerprint density at radius 3 is 2.95 bits per heavy atom. The van der Waals surface area contributed by atoms with Gasteiger partial charge in [0.15, 0.2) is 0 Å². The Hall–Kier alpha value is -1.10. The Bertz CT molecular complexity index is 561. The Labute approximate surface area is 124 Å². The van der Waals surface area contributed by atoms with Gasteiger partial charge in [-0.1, -0.05) is 18.2 Å². The molecule has 1 atom stereocenters. The predicted octanol–water partition coefficient (Wildman–Crippen LogP) is 3.27. The number of rotatable bonds is 4. The van der Waals surface area contributed by atoms with Gasteiger partial charge in [0.1, 0.15) is 0 Å². The summed E-state index contributed by atoms with van der Waals surface area (Å²) in [5.74, 6) is 9.20. The van der Waals surface area contributed by atoms with E-state index in [4.69, 9.17) is 5.84 Å². The third-order valence-electron chi connectivity index (χ3n) is 4.20. The van der Waals surface area contributed by atoms with E-state index in [1.165, 1.54) is 40.7 Å². The Morgan fingerprint density at radius 1 is 1.30 bits per heavy atom. The molecule has 1 fully saturated rings. The molecular formula is C16H21N3S. The number of nitrogens with zero attached hydrogens (tertiary/aromatic N) is 1. The van der Waals surface area contributed by atoms with E-state index in [2.05, 4.69) is 46.4 Å². The minimum absolute atomic E-state index is 0.219. The summed E-state index contributed by atoms with van der Waals surface area (Å²) in [6.07, 6.45) is 7.53. The van der Waals surface area contributed by atoms with E-state index in [0.717, 1.165) is 12.3 Å². The molecule has 4 heteroatoms. The Balaban J connectivity index is 1.86. The number of pyridine rings is 1. The van der Waals surface area contributed by atoms with E-state index in [0.29, 0.717) is 0 Å². The van der Waals surface area contributed by atoms with Crippen LogP contribution in [0.25, 0.3) is 10.8 Å². The Morgan fingerprint density at radius 2 is 2.15 bits per heavy atom. The highest BCUT2D eigenvalue weighted by Gasteiger charge is 2.20. The van der Waals surface area contributed by atoms with Crippen LogP contribution in [-0.4, -0.2) is 16.5 Å². The van der Waals surface area contributed by atoms with Gasteiger partial charge in [-0.15, -0.1) is 0 Å². The average molecular weight is 287 g/mol. The fraction of sp³-hybridized carbons (Fsp3) is 0.438. The van der Waals surface area contributed by atoms with Gasteiger partial charge in [0.05, 0.1) is 0 Å². The number of aromatic nitrogens is 1. The minimum atomic E-state index is 0.219. The summed E-state index contributed by atoms with van der Waals surface area (Å²) in [7, 11) is 0. The maximum absolute atomic E-state index is 5.84. The van der Waals surface area contributed by atoms with Gasteiger partial charge >= 0.3 is 0 Å². The molecule has 1 saturated heterocycles. The van der Waals surface area contributed by atoms with Crippen LogP contribution in [0.15, 0.2) is 36.7 Å². The first-order valence-electron chi connectivity index (χ1n) is 7.25. The second-order valence-electron chi connectivity index (χ2n) is 5.45. The summed E-state index contributed by atoms with van der Waals surface area (Å²) < 4.78 is 0. The first-order valence-corrected chi connectivity index (χ1v) is 8.40. The smallest absolute Gasteiger partial charge is 0.0469 e. The van der Waals surface area contributed by atoms with E-state index in [1.54, 1.807) is 0 Å². The molecular weight excluding hydrogens is 266 g/mol. The number of hydrogen-bond acceptors (Lipinski definition) is 4. The van der Waals surface area contributed by atoms with E-state index in [-0.39, 0.29) is 6.04 Å². The van der Waals surface area contributed by atoms with Crippen LogP contribution < -0.4 is 11.3 Å². The lowest BCUT2D eigenvalue weighted by Crippen LogP contribution is -2.30. The lowest BCUT2D eigenvalue weighted by molar-refractivity contribution is 0.375. The molecule has 1 aromatic carbocycles. The summed E-state index contributed by atoms with van der Waals surface area (Å²) in [6, 6.07) is 8.69. The number of benzene rings is 1. The molecule has 0 aliphatic carbocycles. The van der Waals surface area contributed by atoms with Gasteiger partial charge in [-0.3, -0.25) is 16.3 Å². The van der Waals surface area contributed by atoms with Crippen molar-refractivity contribution in [1.29, 1.82) is 0 Å². The van der Waals surface area contributed by atoms with E-state index >= 15 is 0 Å². The van der Waals surface area contributed by atoms with Gasteiger partial charge in [0.2, 0.25) is 0 Å². The normalized spacial score (nSPS) is 18.2. The SMILES string of the molecule is NNC(CC1CCSCC1)c1cccc2ccncc12.